The van der Waals surface area contributed by atoms with Gasteiger partial charge in [-0.25, -0.2) is 35.1 Å². The van der Waals surface area contributed by atoms with E-state index in [1.807, 2.05) is 0 Å². The highest BCUT2D eigenvalue weighted by atomic mass is 19.3. The Kier molecular flexibility index (Phi) is 8.77. The number of alkyl halides is 10. The minimum absolute atomic E-state index is 0.0540. The molecule has 0 aromatic rings. The molecule has 0 heterocycles. The van der Waals surface area contributed by atoms with Crippen LogP contribution >= 0.6 is 0 Å². The minimum Gasteiger partial charge on any atom is -0.317 e. The molecule has 4 fully saturated rings. The molecule has 0 bridgehead atoms. The fourth-order valence-electron chi connectivity index (χ4n) is 7.20. The maximum Gasteiger partial charge on any atom is 0.364 e. The summed E-state index contributed by atoms with van der Waals surface area (Å²) < 4.78 is 148. The standard InChI is InChI=1S/C25H34F10O/c26-14-3-1-2-11(4-14)12-5-16(27)22(17(28)6-12)13-7-18(29)23(19(30)8-13)25(34,35)36-15-9-20(31)24(33)21(32)10-15/h11-24H,1-10H2. The van der Waals surface area contributed by atoms with E-state index in [0.717, 1.165) is 0 Å². The Hall–Kier alpha value is -0.740. The Balaban J connectivity index is 1.37. The fraction of sp³-hybridized carbons (Fsp3) is 1.00. The van der Waals surface area contributed by atoms with Crippen LogP contribution in [0.5, 0.6) is 0 Å². The van der Waals surface area contributed by atoms with E-state index in [2.05, 4.69) is 4.74 Å². The molecule has 0 spiro atoms. The van der Waals surface area contributed by atoms with E-state index >= 15 is 8.78 Å². The molecule has 4 rings (SSSR count). The monoisotopic (exact) mass is 540 g/mol. The molecule has 0 aliphatic heterocycles. The van der Waals surface area contributed by atoms with Crippen LogP contribution in [0.2, 0.25) is 0 Å². The van der Waals surface area contributed by atoms with Crippen LogP contribution in [0, 0.1) is 29.6 Å². The smallest absolute Gasteiger partial charge is 0.317 e. The van der Waals surface area contributed by atoms with Crippen molar-refractivity contribution in [2.45, 2.75) is 126 Å². The molecule has 0 N–H and O–H groups in total. The summed E-state index contributed by atoms with van der Waals surface area (Å²) in [5.41, 5.74) is 0. The van der Waals surface area contributed by atoms with Gasteiger partial charge in [0, 0.05) is 18.8 Å². The molecular weight excluding hydrogens is 506 g/mol. The summed E-state index contributed by atoms with van der Waals surface area (Å²) in [6, 6.07) is 0. The van der Waals surface area contributed by atoms with Crippen molar-refractivity contribution in [1.82, 2.24) is 0 Å². The number of rotatable bonds is 5. The van der Waals surface area contributed by atoms with Gasteiger partial charge < -0.3 is 4.74 Å². The van der Waals surface area contributed by atoms with Gasteiger partial charge in [-0.3, -0.25) is 0 Å². The molecule has 1 nitrogen and oxygen atoms in total. The SMILES string of the molecule is FC1CCCC(C2CC(F)C(C3CC(F)C(C(F)(F)OC4CC(F)C(F)C(F)C4)C(F)C3)C(F)C2)C1. The van der Waals surface area contributed by atoms with Crippen LogP contribution in [0.3, 0.4) is 0 Å². The molecule has 11 heteroatoms. The molecule has 0 aromatic carbocycles. The zero-order valence-electron chi connectivity index (χ0n) is 19.8. The molecule has 0 amide bonds. The second kappa shape index (κ2) is 11.2. The van der Waals surface area contributed by atoms with Crippen LogP contribution in [0.1, 0.15) is 64.2 Å². The van der Waals surface area contributed by atoms with Crippen LogP contribution in [0.4, 0.5) is 43.9 Å². The van der Waals surface area contributed by atoms with Gasteiger partial charge in [0.25, 0.3) is 0 Å². The van der Waals surface area contributed by atoms with Crippen LogP contribution < -0.4 is 0 Å². The van der Waals surface area contributed by atoms with Gasteiger partial charge in [0.15, 0.2) is 6.17 Å². The summed E-state index contributed by atoms with van der Waals surface area (Å²) in [5.74, 6) is -5.64. The number of hydrogen-bond acceptors (Lipinski definition) is 1. The molecule has 210 valence electrons. The zero-order chi connectivity index (χ0) is 26.4. The normalized spacial score (nSPS) is 51.2. The number of halogens is 10. The Morgan fingerprint density at radius 2 is 1.06 bits per heavy atom. The summed E-state index contributed by atoms with van der Waals surface area (Å²) in [5, 5.41) is 0. The maximum absolute atomic E-state index is 15.1. The van der Waals surface area contributed by atoms with Crippen LogP contribution in [-0.4, -0.2) is 61.6 Å². The molecule has 0 radical (unpaired) electrons. The lowest BCUT2D eigenvalue weighted by atomic mass is 9.63. The molecular formula is C25H34F10O. The minimum atomic E-state index is -4.44. The van der Waals surface area contributed by atoms with E-state index in [0.29, 0.717) is 19.3 Å². The Bertz CT molecular complexity index is 691. The third kappa shape index (κ3) is 5.95. The van der Waals surface area contributed by atoms with Gasteiger partial charge in [-0.2, -0.15) is 8.78 Å². The Morgan fingerprint density at radius 1 is 0.528 bits per heavy atom. The van der Waals surface area contributed by atoms with Crippen molar-refractivity contribution in [1.29, 1.82) is 0 Å². The summed E-state index contributed by atoms with van der Waals surface area (Å²) >= 11 is 0. The van der Waals surface area contributed by atoms with Crippen molar-refractivity contribution >= 4 is 0 Å². The lowest BCUT2D eigenvalue weighted by molar-refractivity contribution is -0.323. The maximum atomic E-state index is 15.1. The highest BCUT2D eigenvalue weighted by Gasteiger charge is 2.58. The van der Waals surface area contributed by atoms with Crippen molar-refractivity contribution in [3.05, 3.63) is 0 Å². The first-order valence-corrected chi connectivity index (χ1v) is 13.1. The number of hydrogen-bond donors (Lipinski definition) is 0. The molecule has 4 aliphatic rings. The topological polar surface area (TPSA) is 9.23 Å². The Morgan fingerprint density at radius 3 is 1.58 bits per heavy atom. The van der Waals surface area contributed by atoms with Crippen molar-refractivity contribution in [3.63, 3.8) is 0 Å². The largest absolute Gasteiger partial charge is 0.364 e. The number of ether oxygens (including phenoxy) is 1. The van der Waals surface area contributed by atoms with Gasteiger partial charge in [0.1, 0.15) is 49.1 Å². The molecule has 0 aromatic heterocycles. The van der Waals surface area contributed by atoms with Crippen LogP contribution in [0.25, 0.3) is 0 Å². The van der Waals surface area contributed by atoms with E-state index in [1.165, 1.54) is 0 Å². The first kappa shape index (κ1) is 28.3. The van der Waals surface area contributed by atoms with E-state index in [-0.39, 0.29) is 31.1 Å². The molecule has 8 atom stereocenters. The third-order valence-corrected chi connectivity index (χ3v) is 8.97. The third-order valence-electron chi connectivity index (χ3n) is 8.97. The van der Waals surface area contributed by atoms with Gasteiger partial charge in [0.05, 0.1) is 6.10 Å². The van der Waals surface area contributed by atoms with E-state index in [9.17, 15) is 35.1 Å². The van der Waals surface area contributed by atoms with E-state index in [4.69, 9.17) is 0 Å². The summed E-state index contributed by atoms with van der Waals surface area (Å²) in [4.78, 5) is 0. The van der Waals surface area contributed by atoms with Crippen molar-refractivity contribution in [3.8, 4) is 0 Å². The summed E-state index contributed by atoms with van der Waals surface area (Å²) in [6.45, 7) is 0. The zero-order valence-corrected chi connectivity index (χ0v) is 19.8. The van der Waals surface area contributed by atoms with E-state index < -0.39 is 105 Å². The second-order valence-electron chi connectivity index (χ2n) is 11.4. The van der Waals surface area contributed by atoms with Gasteiger partial charge in [-0.15, -0.1) is 0 Å². The molecule has 4 aliphatic carbocycles. The highest BCUT2D eigenvalue weighted by Crippen LogP contribution is 2.51. The lowest BCUT2D eigenvalue weighted by Gasteiger charge is -2.46. The van der Waals surface area contributed by atoms with Gasteiger partial charge in [-0.05, 0) is 62.7 Å². The summed E-state index contributed by atoms with van der Waals surface area (Å²) in [7, 11) is 0. The van der Waals surface area contributed by atoms with Crippen LogP contribution in [0.15, 0.2) is 0 Å². The molecule has 0 saturated heterocycles. The predicted molar refractivity (Wildman–Crippen MR) is 113 cm³/mol. The van der Waals surface area contributed by atoms with Crippen LogP contribution in [-0.2, 0) is 4.74 Å². The van der Waals surface area contributed by atoms with Gasteiger partial charge >= 0.3 is 6.11 Å². The highest BCUT2D eigenvalue weighted by molar-refractivity contribution is 5.00. The first-order valence-electron chi connectivity index (χ1n) is 13.1. The Labute approximate surface area is 204 Å². The molecule has 4 saturated carbocycles. The molecule has 8 unspecified atom stereocenters. The average molecular weight is 541 g/mol. The average Bonchev–Trinajstić information content (AvgIpc) is 2.76. The lowest BCUT2D eigenvalue weighted by Crippen LogP contribution is -2.53. The van der Waals surface area contributed by atoms with Gasteiger partial charge in [0.2, 0.25) is 0 Å². The fourth-order valence-corrected chi connectivity index (χ4v) is 7.20. The molecule has 36 heavy (non-hydrogen) atoms. The predicted octanol–water partition coefficient (Wildman–Crippen LogP) is 7.71. The van der Waals surface area contributed by atoms with Gasteiger partial charge in [-0.1, -0.05) is 6.42 Å². The quantitative estimate of drug-likeness (QED) is 0.325. The van der Waals surface area contributed by atoms with Crippen molar-refractivity contribution in [2.75, 3.05) is 0 Å². The summed E-state index contributed by atoms with van der Waals surface area (Å²) in [6.07, 6.45) is -24.2. The van der Waals surface area contributed by atoms with Crippen molar-refractivity contribution in [2.24, 2.45) is 29.6 Å². The van der Waals surface area contributed by atoms with Crippen molar-refractivity contribution < 1.29 is 48.6 Å². The van der Waals surface area contributed by atoms with E-state index in [1.54, 1.807) is 0 Å². The first-order chi connectivity index (χ1) is 16.9. The second-order valence-corrected chi connectivity index (χ2v) is 11.4.